The summed E-state index contributed by atoms with van der Waals surface area (Å²) in [5.74, 6) is -0.149. The van der Waals surface area contributed by atoms with Gasteiger partial charge in [-0.25, -0.2) is 4.98 Å². The van der Waals surface area contributed by atoms with Gasteiger partial charge in [0.1, 0.15) is 5.01 Å². The van der Waals surface area contributed by atoms with Crippen molar-refractivity contribution in [1.29, 1.82) is 0 Å². The molecule has 0 atom stereocenters. The normalized spacial score (nSPS) is 14.2. The zero-order valence-electron chi connectivity index (χ0n) is 16.6. The maximum atomic E-state index is 13.3. The molecule has 1 aliphatic carbocycles. The Bertz CT molecular complexity index is 1280. The fraction of sp³-hybridized carbons (Fsp3) is 0.167. The van der Waals surface area contributed by atoms with E-state index >= 15 is 0 Å². The predicted molar refractivity (Wildman–Crippen MR) is 122 cm³/mol. The lowest BCUT2D eigenvalue weighted by atomic mass is 10.00. The number of fused-ring (bicyclic) bond motifs is 2. The monoisotopic (exact) mass is 412 g/mol. The molecule has 0 radical (unpaired) electrons. The second-order valence-corrected chi connectivity index (χ2v) is 8.28. The maximum absolute atomic E-state index is 13.3. The lowest BCUT2D eigenvalue weighted by Crippen LogP contribution is -2.15. The molecule has 6 heteroatoms. The van der Waals surface area contributed by atoms with E-state index in [1.807, 2.05) is 49.4 Å². The molecule has 5 rings (SSSR count). The first-order chi connectivity index (χ1) is 14.7. The first kappa shape index (κ1) is 18.6. The Morgan fingerprint density at radius 2 is 1.87 bits per heavy atom. The highest BCUT2D eigenvalue weighted by molar-refractivity contribution is 7.15. The summed E-state index contributed by atoms with van der Waals surface area (Å²) >= 11 is 1.42. The maximum Gasteiger partial charge on any atom is 0.258 e. The van der Waals surface area contributed by atoms with Crippen molar-refractivity contribution in [1.82, 2.24) is 15.2 Å². The molecule has 1 N–H and O–H groups in total. The highest BCUT2D eigenvalue weighted by Crippen LogP contribution is 2.37. The molecule has 0 fully saturated rings. The van der Waals surface area contributed by atoms with Gasteiger partial charge in [0.2, 0.25) is 5.13 Å². The van der Waals surface area contributed by atoms with Gasteiger partial charge in [0.25, 0.3) is 5.91 Å². The molecule has 0 saturated heterocycles. The van der Waals surface area contributed by atoms with Crippen LogP contribution in [-0.2, 0) is 12.8 Å². The highest BCUT2D eigenvalue weighted by atomic mass is 32.1. The SMILES string of the molecule is CCc1nnc(NC(=O)c2c3c(nc4ccccc24)/C(=C\c2ccccc2)CC3)s1. The second kappa shape index (κ2) is 7.80. The lowest BCUT2D eigenvalue weighted by Gasteiger charge is -2.12. The summed E-state index contributed by atoms with van der Waals surface area (Å²) < 4.78 is 0. The number of hydrogen-bond acceptors (Lipinski definition) is 5. The molecule has 5 nitrogen and oxygen atoms in total. The third-order valence-electron chi connectivity index (χ3n) is 5.30. The number of carbonyl (C=O) groups is 1. The van der Waals surface area contributed by atoms with E-state index in [1.165, 1.54) is 16.9 Å². The van der Waals surface area contributed by atoms with Crippen LogP contribution in [-0.4, -0.2) is 21.1 Å². The van der Waals surface area contributed by atoms with Crippen LogP contribution in [0.1, 0.15) is 45.5 Å². The van der Waals surface area contributed by atoms with E-state index in [4.69, 9.17) is 4.98 Å². The third-order valence-corrected chi connectivity index (χ3v) is 6.28. The third kappa shape index (κ3) is 3.39. The summed E-state index contributed by atoms with van der Waals surface area (Å²) in [5.41, 5.74) is 5.76. The van der Waals surface area contributed by atoms with Gasteiger partial charge in [-0.05, 0) is 48.1 Å². The van der Waals surface area contributed by atoms with Crippen molar-refractivity contribution in [3.8, 4) is 0 Å². The molecule has 0 saturated carbocycles. The van der Waals surface area contributed by atoms with Crippen molar-refractivity contribution in [2.75, 3.05) is 5.32 Å². The van der Waals surface area contributed by atoms with Gasteiger partial charge < -0.3 is 0 Å². The lowest BCUT2D eigenvalue weighted by molar-refractivity contribution is 0.102. The summed E-state index contributed by atoms with van der Waals surface area (Å²) in [7, 11) is 0. The first-order valence-electron chi connectivity index (χ1n) is 10.0. The van der Waals surface area contributed by atoms with Gasteiger partial charge in [0.05, 0.1) is 16.8 Å². The Morgan fingerprint density at radius 1 is 1.07 bits per heavy atom. The second-order valence-electron chi connectivity index (χ2n) is 7.22. The molecule has 4 aromatic rings. The first-order valence-corrected chi connectivity index (χ1v) is 10.9. The molecule has 1 amide bonds. The molecule has 2 aromatic heterocycles. The minimum absolute atomic E-state index is 0.149. The van der Waals surface area contributed by atoms with Gasteiger partial charge >= 0.3 is 0 Å². The molecule has 0 unspecified atom stereocenters. The van der Waals surface area contributed by atoms with Crippen molar-refractivity contribution in [2.45, 2.75) is 26.2 Å². The average molecular weight is 413 g/mol. The van der Waals surface area contributed by atoms with Gasteiger partial charge in [0, 0.05) is 5.39 Å². The van der Waals surface area contributed by atoms with E-state index in [9.17, 15) is 4.79 Å². The largest absolute Gasteiger partial charge is 0.296 e. The fourth-order valence-corrected chi connectivity index (χ4v) is 4.57. The summed E-state index contributed by atoms with van der Waals surface area (Å²) in [5, 5.41) is 13.5. The molecule has 0 spiro atoms. The molecular formula is C24H20N4OS. The van der Waals surface area contributed by atoms with Crippen molar-refractivity contribution in [2.24, 2.45) is 0 Å². The number of allylic oxidation sites excluding steroid dienone is 1. The quantitative estimate of drug-likeness (QED) is 0.488. The van der Waals surface area contributed by atoms with Crippen LogP contribution >= 0.6 is 11.3 Å². The van der Waals surface area contributed by atoms with Gasteiger partial charge in [-0.3, -0.25) is 10.1 Å². The summed E-state index contributed by atoms with van der Waals surface area (Å²) in [4.78, 5) is 18.3. The molecule has 0 bridgehead atoms. The summed E-state index contributed by atoms with van der Waals surface area (Å²) in [6.45, 7) is 2.02. The Hall–Kier alpha value is -3.38. The van der Waals surface area contributed by atoms with Gasteiger partial charge in [-0.1, -0.05) is 66.8 Å². The molecule has 30 heavy (non-hydrogen) atoms. The smallest absolute Gasteiger partial charge is 0.258 e. The van der Waals surface area contributed by atoms with Crippen molar-refractivity contribution in [3.05, 3.63) is 82.0 Å². The van der Waals surface area contributed by atoms with E-state index in [1.54, 1.807) is 0 Å². The Balaban J connectivity index is 1.61. The zero-order chi connectivity index (χ0) is 20.5. The van der Waals surface area contributed by atoms with E-state index < -0.39 is 0 Å². The van der Waals surface area contributed by atoms with Crippen LogP contribution in [0.5, 0.6) is 0 Å². The summed E-state index contributed by atoms with van der Waals surface area (Å²) in [6.07, 6.45) is 4.64. The number of pyridine rings is 1. The Kier molecular flexibility index (Phi) is 4.85. The molecular weight excluding hydrogens is 392 g/mol. The Labute approximate surface area is 178 Å². The highest BCUT2D eigenvalue weighted by Gasteiger charge is 2.27. The fourth-order valence-electron chi connectivity index (χ4n) is 3.90. The number of benzene rings is 2. The van der Waals surface area contributed by atoms with Crippen LogP contribution in [0.2, 0.25) is 0 Å². The number of nitrogens with one attached hydrogen (secondary N) is 1. The Morgan fingerprint density at radius 3 is 2.67 bits per heavy atom. The van der Waals surface area contributed by atoms with E-state index in [0.717, 1.165) is 52.0 Å². The molecule has 2 heterocycles. The van der Waals surface area contributed by atoms with Crippen LogP contribution in [0.25, 0.3) is 22.6 Å². The van der Waals surface area contributed by atoms with Crippen LogP contribution < -0.4 is 5.32 Å². The van der Waals surface area contributed by atoms with E-state index in [0.29, 0.717) is 10.7 Å². The molecule has 2 aromatic carbocycles. The summed E-state index contributed by atoms with van der Waals surface area (Å²) in [6, 6.07) is 18.1. The van der Waals surface area contributed by atoms with Gasteiger partial charge in [0.15, 0.2) is 0 Å². The van der Waals surface area contributed by atoms with Crippen LogP contribution in [0, 0.1) is 0 Å². The predicted octanol–water partition coefficient (Wildman–Crippen LogP) is 5.39. The molecule has 1 aliphatic rings. The minimum Gasteiger partial charge on any atom is -0.296 e. The number of nitrogens with zero attached hydrogens (tertiary/aromatic N) is 3. The topological polar surface area (TPSA) is 67.8 Å². The number of aromatic nitrogens is 3. The van der Waals surface area contributed by atoms with Crippen LogP contribution in [0.4, 0.5) is 5.13 Å². The van der Waals surface area contributed by atoms with Gasteiger partial charge in [-0.2, -0.15) is 0 Å². The standard InChI is InChI=1S/C24H20N4OS/c1-2-20-27-28-24(30-20)26-23(29)21-17-10-6-7-11-19(17)25-22-16(12-13-18(21)22)14-15-8-4-3-5-9-15/h3-11,14H,2,12-13H2,1H3,(H,26,28,29)/b16-14-. The number of amides is 1. The number of aryl methyl sites for hydroxylation is 1. The van der Waals surface area contributed by atoms with Gasteiger partial charge in [-0.15, -0.1) is 10.2 Å². The zero-order valence-corrected chi connectivity index (χ0v) is 17.4. The number of hydrogen-bond donors (Lipinski definition) is 1. The number of carbonyl (C=O) groups excluding carboxylic acids is 1. The number of para-hydroxylation sites is 1. The number of rotatable bonds is 4. The van der Waals surface area contributed by atoms with Crippen LogP contribution in [0.3, 0.4) is 0 Å². The van der Waals surface area contributed by atoms with Crippen LogP contribution in [0.15, 0.2) is 54.6 Å². The average Bonchev–Trinajstić information content (AvgIpc) is 3.39. The molecule has 148 valence electrons. The van der Waals surface area contributed by atoms with E-state index in [2.05, 4.69) is 33.7 Å². The van der Waals surface area contributed by atoms with Crippen molar-refractivity contribution >= 4 is 44.9 Å². The minimum atomic E-state index is -0.149. The van der Waals surface area contributed by atoms with E-state index in [-0.39, 0.29) is 5.91 Å². The van der Waals surface area contributed by atoms with Crippen molar-refractivity contribution in [3.63, 3.8) is 0 Å². The van der Waals surface area contributed by atoms with Crippen molar-refractivity contribution < 1.29 is 4.79 Å². The number of anilines is 1. The molecule has 0 aliphatic heterocycles.